The number of fused-ring (bicyclic) bond motifs is 1. The lowest BCUT2D eigenvalue weighted by molar-refractivity contribution is 0.0528. The zero-order valence-corrected chi connectivity index (χ0v) is 16.0. The predicted octanol–water partition coefficient (Wildman–Crippen LogP) is 1.64. The molecule has 29 heavy (non-hydrogen) atoms. The SMILES string of the molecule is N#CC1CN(C2CCC(NC(=O)c3nc(-n4ccnc4)cc4cn[nH]c34)CC2)C1. The van der Waals surface area contributed by atoms with Crippen LogP contribution in [0.3, 0.4) is 0 Å². The Morgan fingerprint density at radius 2 is 2.10 bits per heavy atom. The Bertz CT molecular complexity index is 1050. The van der Waals surface area contributed by atoms with Crippen LogP contribution in [0.25, 0.3) is 16.7 Å². The first kappa shape index (κ1) is 17.8. The minimum atomic E-state index is -0.182. The Labute approximate surface area is 167 Å². The quantitative estimate of drug-likeness (QED) is 0.700. The monoisotopic (exact) mass is 390 g/mol. The molecule has 1 aliphatic carbocycles. The molecular weight excluding hydrogens is 368 g/mol. The summed E-state index contributed by atoms with van der Waals surface area (Å²) in [6, 6.07) is 4.89. The van der Waals surface area contributed by atoms with E-state index in [4.69, 9.17) is 5.26 Å². The largest absolute Gasteiger partial charge is 0.348 e. The Balaban J connectivity index is 1.27. The average Bonchev–Trinajstić information content (AvgIpc) is 3.39. The third-order valence-corrected chi connectivity index (χ3v) is 6.04. The van der Waals surface area contributed by atoms with Crippen molar-refractivity contribution in [1.29, 1.82) is 5.26 Å². The summed E-state index contributed by atoms with van der Waals surface area (Å²) in [4.78, 5) is 24.0. The van der Waals surface area contributed by atoms with Gasteiger partial charge in [0.1, 0.15) is 12.1 Å². The topological polar surface area (TPSA) is 116 Å². The molecule has 1 amide bonds. The maximum absolute atomic E-state index is 13.0. The van der Waals surface area contributed by atoms with Crippen LogP contribution in [-0.2, 0) is 0 Å². The molecule has 2 aliphatic rings. The van der Waals surface area contributed by atoms with Gasteiger partial charge in [0.15, 0.2) is 5.69 Å². The highest BCUT2D eigenvalue weighted by atomic mass is 16.2. The number of aromatic amines is 1. The molecule has 2 N–H and O–H groups in total. The van der Waals surface area contributed by atoms with Gasteiger partial charge < -0.3 is 5.32 Å². The molecule has 1 saturated heterocycles. The normalized spacial score (nSPS) is 22.9. The summed E-state index contributed by atoms with van der Waals surface area (Å²) >= 11 is 0. The first-order valence-electron chi connectivity index (χ1n) is 9.98. The minimum absolute atomic E-state index is 0.142. The van der Waals surface area contributed by atoms with Crippen LogP contribution in [0.4, 0.5) is 0 Å². The van der Waals surface area contributed by atoms with E-state index in [2.05, 4.69) is 36.5 Å². The molecule has 5 rings (SSSR count). The number of carbonyl (C=O) groups is 1. The lowest BCUT2D eigenvalue weighted by atomic mass is 9.87. The number of hydrogen-bond donors (Lipinski definition) is 2. The van der Waals surface area contributed by atoms with E-state index in [0.717, 1.165) is 44.2 Å². The van der Waals surface area contributed by atoms with Crippen molar-refractivity contribution in [3.8, 4) is 11.9 Å². The number of nitriles is 1. The molecule has 4 heterocycles. The Hall–Kier alpha value is -3.25. The van der Waals surface area contributed by atoms with Crippen molar-refractivity contribution in [2.24, 2.45) is 5.92 Å². The lowest BCUT2D eigenvalue weighted by Gasteiger charge is -2.44. The first-order valence-corrected chi connectivity index (χ1v) is 9.98. The second kappa shape index (κ2) is 7.29. The van der Waals surface area contributed by atoms with Gasteiger partial charge in [-0.3, -0.25) is 19.4 Å². The average molecular weight is 390 g/mol. The summed E-state index contributed by atoms with van der Waals surface area (Å²) < 4.78 is 1.77. The van der Waals surface area contributed by atoms with Gasteiger partial charge in [-0.05, 0) is 31.7 Å². The third-order valence-electron chi connectivity index (χ3n) is 6.04. The highest BCUT2D eigenvalue weighted by Crippen LogP contribution is 2.29. The number of carbonyl (C=O) groups excluding carboxylic acids is 1. The molecule has 0 spiro atoms. The van der Waals surface area contributed by atoms with Crippen LogP contribution in [0.5, 0.6) is 0 Å². The molecule has 0 bridgehead atoms. The smallest absolute Gasteiger partial charge is 0.272 e. The molecule has 0 atom stereocenters. The van der Waals surface area contributed by atoms with Crippen molar-refractivity contribution in [2.45, 2.75) is 37.8 Å². The van der Waals surface area contributed by atoms with Gasteiger partial charge in [-0.25, -0.2) is 9.97 Å². The van der Waals surface area contributed by atoms with E-state index < -0.39 is 0 Å². The fourth-order valence-electron chi connectivity index (χ4n) is 4.36. The third kappa shape index (κ3) is 3.36. The van der Waals surface area contributed by atoms with E-state index in [9.17, 15) is 4.79 Å². The van der Waals surface area contributed by atoms with Crippen LogP contribution >= 0.6 is 0 Å². The van der Waals surface area contributed by atoms with Crippen LogP contribution in [0.1, 0.15) is 36.2 Å². The number of likely N-dealkylation sites (tertiary alicyclic amines) is 1. The Morgan fingerprint density at radius 3 is 2.83 bits per heavy atom. The summed E-state index contributed by atoms with van der Waals surface area (Å²) in [6.07, 6.45) is 10.8. The van der Waals surface area contributed by atoms with Crippen molar-refractivity contribution in [1.82, 2.24) is 34.9 Å². The van der Waals surface area contributed by atoms with Crippen LogP contribution in [0.2, 0.25) is 0 Å². The molecule has 3 aromatic heterocycles. The number of aromatic nitrogens is 5. The van der Waals surface area contributed by atoms with E-state index >= 15 is 0 Å². The van der Waals surface area contributed by atoms with Gasteiger partial charge in [0.05, 0.1) is 23.7 Å². The highest BCUT2D eigenvalue weighted by Gasteiger charge is 2.34. The van der Waals surface area contributed by atoms with Crippen molar-refractivity contribution >= 4 is 16.8 Å². The van der Waals surface area contributed by atoms with E-state index in [0.29, 0.717) is 23.1 Å². The Kier molecular flexibility index (Phi) is 4.48. The second-order valence-corrected chi connectivity index (χ2v) is 7.89. The van der Waals surface area contributed by atoms with Crippen LogP contribution in [0.15, 0.2) is 31.0 Å². The summed E-state index contributed by atoms with van der Waals surface area (Å²) in [5.74, 6) is 0.645. The molecule has 2 fully saturated rings. The lowest BCUT2D eigenvalue weighted by Crippen LogP contribution is -2.53. The number of nitrogens with one attached hydrogen (secondary N) is 2. The molecule has 0 aromatic carbocycles. The van der Waals surface area contributed by atoms with Crippen LogP contribution in [-0.4, -0.2) is 60.7 Å². The zero-order chi connectivity index (χ0) is 19.8. The fraction of sp³-hybridized carbons (Fsp3) is 0.450. The molecule has 0 radical (unpaired) electrons. The molecule has 9 nitrogen and oxygen atoms in total. The van der Waals surface area contributed by atoms with Crippen LogP contribution in [0, 0.1) is 17.2 Å². The summed E-state index contributed by atoms with van der Waals surface area (Å²) in [5.41, 5.74) is 0.994. The van der Waals surface area contributed by atoms with Crippen LogP contribution < -0.4 is 5.32 Å². The van der Waals surface area contributed by atoms with Crippen molar-refractivity contribution in [3.63, 3.8) is 0 Å². The highest BCUT2D eigenvalue weighted by molar-refractivity contribution is 6.04. The van der Waals surface area contributed by atoms with Crippen molar-refractivity contribution < 1.29 is 4.79 Å². The maximum atomic E-state index is 13.0. The minimum Gasteiger partial charge on any atom is -0.348 e. The number of pyridine rings is 1. The van der Waals surface area contributed by atoms with E-state index in [1.165, 1.54) is 0 Å². The zero-order valence-electron chi connectivity index (χ0n) is 16.0. The first-order chi connectivity index (χ1) is 14.2. The van der Waals surface area contributed by atoms with Gasteiger partial charge in [0.2, 0.25) is 0 Å². The Morgan fingerprint density at radius 1 is 1.28 bits per heavy atom. The number of amides is 1. The standard InChI is InChI=1S/C20H22N8O/c21-8-13-10-28(11-13)16-3-1-15(2-4-16)24-20(29)19-18-14(9-23-26-18)7-17(25-19)27-6-5-22-12-27/h5-7,9,12-13,15-16H,1-4,10-11H2,(H,23,26)(H,24,29). The van der Waals surface area contributed by atoms with E-state index in [1.54, 1.807) is 29.5 Å². The van der Waals surface area contributed by atoms with Gasteiger partial charge >= 0.3 is 0 Å². The van der Waals surface area contributed by atoms with Crippen molar-refractivity contribution in [2.75, 3.05) is 13.1 Å². The second-order valence-electron chi connectivity index (χ2n) is 7.89. The molecule has 0 unspecified atom stereocenters. The molecule has 1 saturated carbocycles. The molecular formula is C20H22N8O. The molecule has 9 heteroatoms. The van der Waals surface area contributed by atoms with Gasteiger partial charge in [0.25, 0.3) is 5.91 Å². The summed E-state index contributed by atoms with van der Waals surface area (Å²) in [6.45, 7) is 1.78. The predicted molar refractivity (Wildman–Crippen MR) is 105 cm³/mol. The number of rotatable bonds is 4. The van der Waals surface area contributed by atoms with Gasteiger partial charge in [0, 0.05) is 43.0 Å². The van der Waals surface area contributed by atoms with Gasteiger partial charge in [-0.15, -0.1) is 0 Å². The summed E-state index contributed by atoms with van der Waals surface area (Å²) in [7, 11) is 0. The number of H-pyrrole nitrogens is 1. The number of nitrogens with zero attached hydrogens (tertiary/aromatic N) is 6. The maximum Gasteiger partial charge on any atom is 0.272 e. The fourth-order valence-corrected chi connectivity index (χ4v) is 4.36. The number of imidazole rings is 1. The molecule has 3 aromatic rings. The molecule has 1 aliphatic heterocycles. The van der Waals surface area contributed by atoms with E-state index in [-0.39, 0.29) is 17.9 Å². The molecule has 148 valence electrons. The van der Waals surface area contributed by atoms with Crippen molar-refractivity contribution in [3.05, 3.63) is 36.7 Å². The van der Waals surface area contributed by atoms with Gasteiger partial charge in [-0.1, -0.05) is 0 Å². The van der Waals surface area contributed by atoms with E-state index in [1.807, 2.05) is 6.07 Å². The summed E-state index contributed by atoms with van der Waals surface area (Å²) in [5, 5.41) is 19.9. The van der Waals surface area contributed by atoms with Gasteiger partial charge in [-0.2, -0.15) is 10.4 Å². The number of hydrogen-bond acceptors (Lipinski definition) is 6.